The van der Waals surface area contributed by atoms with Gasteiger partial charge in [0.1, 0.15) is 18.2 Å². The van der Waals surface area contributed by atoms with Gasteiger partial charge in [-0.15, -0.1) is 0 Å². The van der Waals surface area contributed by atoms with Crippen LogP contribution in [-0.4, -0.2) is 47.2 Å². The quantitative estimate of drug-likeness (QED) is 0.535. The predicted octanol–water partition coefficient (Wildman–Crippen LogP) is 0.557. The van der Waals surface area contributed by atoms with E-state index >= 15 is 0 Å². The molecule has 20 heavy (non-hydrogen) atoms. The highest BCUT2D eigenvalue weighted by Gasteiger charge is 2.37. The van der Waals surface area contributed by atoms with Crippen LogP contribution in [0.5, 0.6) is 0 Å². The van der Waals surface area contributed by atoms with Gasteiger partial charge in [-0.3, -0.25) is 4.90 Å². The van der Waals surface area contributed by atoms with E-state index in [2.05, 4.69) is 25.6 Å². The van der Waals surface area contributed by atoms with E-state index in [0.717, 1.165) is 5.82 Å². The summed E-state index contributed by atoms with van der Waals surface area (Å²) in [6, 6.07) is 2.95. The maximum absolute atomic E-state index is 5.46. The molecule has 0 saturated carbocycles. The summed E-state index contributed by atoms with van der Waals surface area (Å²) in [5, 5.41) is 3.54. The highest BCUT2D eigenvalue weighted by Crippen LogP contribution is 2.30. The summed E-state index contributed by atoms with van der Waals surface area (Å²) in [6.07, 6.45) is 3.74. The van der Waals surface area contributed by atoms with E-state index in [1.54, 1.807) is 7.11 Å². The molecule has 2 fully saturated rings. The topological polar surface area (TPSA) is 88.3 Å². The lowest BCUT2D eigenvalue weighted by molar-refractivity contribution is 0.178. The maximum Gasteiger partial charge on any atom is 0.158 e. The van der Waals surface area contributed by atoms with Gasteiger partial charge >= 0.3 is 0 Å². The molecule has 2 atom stereocenters. The predicted molar refractivity (Wildman–Crippen MR) is 77.2 cm³/mol. The van der Waals surface area contributed by atoms with Gasteiger partial charge in [0.25, 0.3) is 0 Å². The van der Waals surface area contributed by atoms with Gasteiger partial charge in [-0.2, -0.15) is 0 Å². The molecule has 0 aromatic carbocycles. The van der Waals surface area contributed by atoms with Gasteiger partial charge in [-0.25, -0.2) is 15.8 Å². The van der Waals surface area contributed by atoms with Crippen LogP contribution in [0.4, 0.5) is 11.6 Å². The van der Waals surface area contributed by atoms with Crippen LogP contribution in [0.1, 0.15) is 25.1 Å². The summed E-state index contributed by atoms with van der Waals surface area (Å²) in [4.78, 5) is 11.3. The van der Waals surface area contributed by atoms with Gasteiger partial charge < -0.3 is 15.5 Å². The molecule has 0 radical (unpaired) electrons. The van der Waals surface area contributed by atoms with Crippen molar-refractivity contribution in [1.82, 2.24) is 14.9 Å². The van der Waals surface area contributed by atoms with Gasteiger partial charge in [0.15, 0.2) is 5.82 Å². The fourth-order valence-electron chi connectivity index (χ4n) is 3.28. The lowest BCUT2D eigenvalue weighted by atomic mass is 10.1. The molecule has 1 aromatic rings. The van der Waals surface area contributed by atoms with E-state index in [1.807, 2.05) is 6.07 Å². The van der Waals surface area contributed by atoms with Crippen LogP contribution in [0.3, 0.4) is 0 Å². The first kappa shape index (κ1) is 13.5. The number of hydrogen-bond donors (Lipinski definition) is 3. The fourth-order valence-corrected chi connectivity index (χ4v) is 3.28. The minimum atomic E-state index is 0.379. The molecular weight excluding hydrogens is 256 g/mol. The summed E-state index contributed by atoms with van der Waals surface area (Å²) in [5.41, 5.74) is 2.58. The zero-order valence-corrected chi connectivity index (χ0v) is 11.8. The van der Waals surface area contributed by atoms with Crippen LogP contribution in [0.25, 0.3) is 0 Å². The number of nitrogens with one attached hydrogen (secondary N) is 2. The second kappa shape index (κ2) is 5.90. The van der Waals surface area contributed by atoms with Crippen molar-refractivity contribution in [2.75, 3.05) is 30.9 Å². The Balaban J connectivity index is 1.74. The molecule has 1 aromatic heterocycles. The fraction of sp³-hybridized carbons (Fsp3) is 0.692. The molecule has 3 heterocycles. The second-order valence-corrected chi connectivity index (χ2v) is 5.42. The van der Waals surface area contributed by atoms with Crippen LogP contribution in [0.2, 0.25) is 0 Å². The number of fused-ring (bicyclic) bond motifs is 1. The number of nitrogens with two attached hydrogens (primary N) is 1. The largest absolute Gasteiger partial charge is 0.377 e. The van der Waals surface area contributed by atoms with Crippen LogP contribution in [-0.2, 0) is 11.3 Å². The van der Waals surface area contributed by atoms with Crippen LogP contribution in [0, 0.1) is 0 Å². The Bertz CT molecular complexity index is 468. The summed E-state index contributed by atoms with van der Waals surface area (Å²) >= 11 is 0. The molecule has 7 heteroatoms. The van der Waals surface area contributed by atoms with Crippen molar-refractivity contribution in [2.45, 2.75) is 38.0 Å². The molecule has 2 unspecified atom stereocenters. The number of hydrazine groups is 1. The van der Waals surface area contributed by atoms with Crippen molar-refractivity contribution in [3.8, 4) is 0 Å². The first-order valence-electron chi connectivity index (χ1n) is 7.14. The number of aromatic nitrogens is 2. The summed E-state index contributed by atoms with van der Waals surface area (Å²) in [6.45, 7) is 2.79. The summed E-state index contributed by atoms with van der Waals surface area (Å²) < 4.78 is 5.09. The number of nitrogen functional groups attached to an aromatic ring is 1. The first-order chi connectivity index (χ1) is 9.80. The van der Waals surface area contributed by atoms with Gasteiger partial charge in [0, 0.05) is 31.8 Å². The Morgan fingerprint density at radius 1 is 1.35 bits per heavy atom. The van der Waals surface area contributed by atoms with Crippen LogP contribution < -0.4 is 16.6 Å². The van der Waals surface area contributed by atoms with Crippen molar-refractivity contribution < 1.29 is 4.74 Å². The Kier molecular flexibility index (Phi) is 4.00. The Labute approximate surface area is 118 Å². The Hall–Kier alpha value is -1.44. The number of ether oxygens (including phenoxy) is 1. The molecule has 0 amide bonds. The average Bonchev–Trinajstić information content (AvgIpc) is 3.04. The third-order valence-electron chi connectivity index (χ3n) is 4.13. The number of rotatable bonds is 5. The van der Waals surface area contributed by atoms with Gasteiger partial charge in [-0.05, 0) is 25.8 Å². The molecule has 2 aliphatic rings. The van der Waals surface area contributed by atoms with E-state index in [1.165, 1.54) is 32.4 Å². The minimum absolute atomic E-state index is 0.379. The maximum atomic E-state index is 5.46. The van der Waals surface area contributed by atoms with E-state index in [-0.39, 0.29) is 0 Å². The van der Waals surface area contributed by atoms with Gasteiger partial charge in [-0.1, -0.05) is 0 Å². The SMILES string of the molecule is COCc1nc(NN)cc(NC2CCN3CCCC23)n1. The van der Waals surface area contributed by atoms with E-state index in [4.69, 9.17) is 10.6 Å². The van der Waals surface area contributed by atoms with Crippen molar-refractivity contribution in [1.29, 1.82) is 0 Å². The molecule has 7 nitrogen and oxygen atoms in total. The average molecular weight is 278 g/mol. The third kappa shape index (κ3) is 2.70. The standard InChI is InChI=1S/C13H22N6O/c1-20-8-13-16-11(7-12(17-13)18-14)15-9-4-6-19-5-2-3-10(9)19/h7,9-10H,2-6,8,14H2,1H3,(H2,15,16,17,18). The zero-order valence-electron chi connectivity index (χ0n) is 11.8. The highest BCUT2D eigenvalue weighted by molar-refractivity contribution is 5.47. The Morgan fingerprint density at radius 3 is 3.00 bits per heavy atom. The van der Waals surface area contributed by atoms with Crippen LogP contribution in [0.15, 0.2) is 6.07 Å². The normalized spacial score (nSPS) is 25.7. The number of hydrogen-bond acceptors (Lipinski definition) is 7. The molecule has 0 spiro atoms. The highest BCUT2D eigenvalue weighted by atomic mass is 16.5. The third-order valence-corrected chi connectivity index (χ3v) is 4.13. The first-order valence-corrected chi connectivity index (χ1v) is 7.14. The monoisotopic (exact) mass is 278 g/mol. The van der Waals surface area contributed by atoms with Gasteiger partial charge in [0.2, 0.25) is 0 Å². The minimum Gasteiger partial charge on any atom is -0.377 e. The molecular formula is C13H22N6O. The lowest BCUT2D eigenvalue weighted by Gasteiger charge is -2.22. The van der Waals surface area contributed by atoms with E-state index in [9.17, 15) is 0 Å². The molecule has 110 valence electrons. The van der Waals surface area contributed by atoms with Crippen molar-refractivity contribution in [3.63, 3.8) is 0 Å². The molecule has 4 N–H and O–H groups in total. The molecule has 2 aliphatic heterocycles. The summed E-state index contributed by atoms with van der Waals surface area (Å²) in [7, 11) is 1.63. The molecule has 0 bridgehead atoms. The summed E-state index contributed by atoms with van der Waals surface area (Å²) in [5.74, 6) is 7.52. The number of methoxy groups -OCH3 is 1. The zero-order chi connectivity index (χ0) is 13.9. The molecule has 3 rings (SSSR count). The van der Waals surface area contributed by atoms with Gasteiger partial charge in [0.05, 0.1) is 0 Å². The van der Waals surface area contributed by atoms with E-state index in [0.29, 0.717) is 30.3 Å². The smallest absolute Gasteiger partial charge is 0.158 e. The molecule has 0 aliphatic carbocycles. The van der Waals surface area contributed by atoms with Crippen LogP contribution >= 0.6 is 0 Å². The second-order valence-electron chi connectivity index (χ2n) is 5.42. The number of anilines is 2. The number of nitrogens with zero attached hydrogens (tertiary/aromatic N) is 3. The van der Waals surface area contributed by atoms with E-state index < -0.39 is 0 Å². The lowest BCUT2D eigenvalue weighted by Crippen LogP contribution is -2.34. The molecule has 2 saturated heterocycles. The van der Waals surface area contributed by atoms with Crippen molar-refractivity contribution >= 4 is 11.6 Å². The van der Waals surface area contributed by atoms with Crippen molar-refractivity contribution in [2.24, 2.45) is 5.84 Å². The van der Waals surface area contributed by atoms with Crippen molar-refractivity contribution in [3.05, 3.63) is 11.9 Å². The Morgan fingerprint density at radius 2 is 2.20 bits per heavy atom.